The fraction of sp³-hybridized carbons (Fsp3) is 0.368. The number of hydrogen-bond acceptors (Lipinski definition) is 6. The summed E-state index contributed by atoms with van der Waals surface area (Å²) in [6, 6.07) is 6.11. The Bertz CT molecular complexity index is 814. The Morgan fingerprint density at radius 3 is 2.36 bits per heavy atom. The van der Waals surface area contributed by atoms with Crippen LogP contribution in [-0.4, -0.2) is 47.8 Å². The summed E-state index contributed by atoms with van der Waals surface area (Å²) in [6.45, 7) is 4.25. The SMILES string of the molecule is C1=C(N2CCN(c3ncccn3)CC2)CCc2cc3c(cc21)OCO3. The van der Waals surface area contributed by atoms with Crippen molar-refractivity contribution < 1.29 is 9.47 Å². The van der Waals surface area contributed by atoms with Gasteiger partial charge in [0.25, 0.3) is 0 Å². The molecule has 0 N–H and O–H groups in total. The van der Waals surface area contributed by atoms with E-state index in [0.717, 1.165) is 56.5 Å². The monoisotopic (exact) mass is 336 g/mol. The van der Waals surface area contributed by atoms with E-state index in [0.29, 0.717) is 6.79 Å². The summed E-state index contributed by atoms with van der Waals surface area (Å²) in [5.41, 5.74) is 4.03. The van der Waals surface area contributed by atoms with Crippen molar-refractivity contribution in [1.82, 2.24) is 14.9 Å². The normalized spacial score (nSPS) is 18.8. The summed E-state index contributed by atoms with van der Waals surface area (Å²) in [6.07, 6.45) is 8.06. The highest BCUT2D eigenvalue weighted by Crippen LogP contribution is 2.38. The largest absolute Gasteiger partial charge is 0.454 e. The van der Waals surface area contributed by atoms with E-state index >= 15 is 0 Å². The van der Waals surface area contributed by atoms with Gasteiger partial charge in [0.15, 0.2) is 11.5 Å². The molecule has 1 fully saturated rings. The van der Waals surface area contributed by atoms with E-state index < -0.39 is 0 Å². The molecular weight excluding hydrogens is 316 g/mol. The number of nitrogens with zero attached hydrogens (tertiary/aromatic N) is 4. The fourth-order valence-electron chi connectivity index (χ4n) is 3.76. The summed E-state index contributed by atoms with van der Waals surface area (Å²) < 4.78 is 11.0. The van der Waals surface area contributed by atoms with E-state index in [-0.39, 0.29) is 0 Å². The minimum atomic E-state index is 0.332. The van der Waals surface area contributed by atoms with Crippen LogP contribution in [0.3, 0.4) is 0 Å². The van der Waals surface area contributed by atoms with Crippen molar-refractivity contribution in [3.8, 4) is 11.5 Å². The molecule has 1 aromatic heterocycles. The Morgan fingerprint density at radius 2 is 1.56 bits per heavy atom. The zero-order chi connectivity index (χ0) is 16.6. The van der Waals surface area contributed by atoms with Crippen molar-refractivity contribution in [2.75, 3.05) is 37.9 Å². The molecule has 0 bridgehead atoms. The van der Waals surface area contributed by atoms with Gasteiger partial charge in [0.05, 0.1) is 0 Å². The highest BCUT2D eigenvalue weighted by molar-refractivity contribution is 5.64. The third-order valence-electron chi connectivity index (χ3n) is 5.13. The van der Waals surface area contributed by atoms with Crippen LogP contribution >= 0.6 is 0 Å². The molecule has 0 unspecified atom stereocenters. The molecule has 128 valence electrons. The van der Waals surface area contributed by atoms with Crippen LogP contribution in [0.5, 0.6) is 11.5 Å². The number of ether oxygens (including phenoxy) is 2. The van der Waals surface area contributed by atoms with E-state index in [1.165, 1.54) is 16.8 Å². The predicted molar refractivity (Wildman–Crippen MR) is 94.7 cm³/mol. The van der Waals surface area contributed by atoms with Crippen molar-refractivity contribution in [2.24, 2.45) is 0 Å². The van der Waals surface area contributed by atoms with Crippen LogP contribution in [0, 0.1) is 0 Å². The predicted octanol–water partition coefficient (Wildman–Crippen LogP) is 2.31. The number of aromatic nitrogens is 2. The number of hydrogen-bond donors (Lipinski definition) is 0. The first-order valence-corrected chi connectivity index (χ1v) is 8.77. The Labute approximate surface area is 146 Å². The van der Waals surface area contributed by atoms with Gasteiger partial charge in [-0.2, -0.15) is 0 Å². The van der Waals surface area contributed by atoms with Crippen molar-refractivity contribution in [3.63, 3.8) is 0 Å². The van der Waals surface area contributed by atoms with Crippen LogP contribution in [-0.2, 0) is 6.42 Å². The van der Waals surface area contributed by atoms with Gasteiger partial charge in [0, 0.05) is 44.3 Å². The lowest BCUT2D eigenvalue weighted by atomic mass is 9.94. The van der Waals surface area contributed by atoms with E-state index in [1.807, 2.05) is 6.07 Å². The molecule has 25 heavy (non-hydrogen) atoms. The molecule has 1 aliphatic carbocycles. The first-order chi connectivity index (χ1) is 12.4. The van der Waals surface area contributed by atoms with Gasteiger partial charge in [-0.05, 0) is 48.2 Å². The third kappa shape index (κ3) is 2.67. The molecule has 2 aromatic rings. The van der Waals surface area contributed by atoms with Gasteiger partial charge in [-0.1, -0.05) is 0 Å². The average Bonchev–Trinajstić information content (AvgIpc) is 3.14. The lowest BCUT2D eigenvalue weighted by Crippen LogP contribution is -2.46. The quantitative estimate of drug-likeness (QED) is 0.839. The number of aryl methyl sites for hydroxylation is 1. The number of piperazine rings is 1. The molecule has 0 saturated carbocycles. The lowest BCUT2D eigenvalue weighted by molar-refractivity contribution is 0.174. The van der Waals surface area contributed by atoms with Crippen LogP contribution in [0.25, 0.3) is 6.08 Å². The molecular formula is C19H20N4O2. The topological polar surface area (TPSA) is 50.7 Å². The maximum Gasteiger partial charge on any atom is 0.231 e. The van der Waals surface area contributed by atoms with Gasteiger partial charge in [0.2, 0.25) is 12.7 Å². The maximum absolute atomic E-state index is 5.52. The summed E-state index contributed by atoms with van der Waals surface area (Å²) >= 11 is 0. The Balaban J connectivity index is 1.32. The van der Waals surface area contributed by atoms with Gasteiger partial charge in [-0.15, -0.1) is 0 Å². The minimum absolute atomic E-state index is 0.332. The first kappa shape index (κ1) is 14.6. The van der Waals surface area contributed by atoms with E-state index in [9.17, 15) is 0 Å². The lowest BCUT2D eigenvalue weighted by Gasteiger charge is -2.38. The summed E-state index contributed by atoms with van der Waals surface area (Å²) in [4.78, 5) is 13.5. The van der Waals surface area contributed by atoms with Gasteiger partial charge >= 0.3 is 0 Å². The fourth-order valence-corrected chi connectivity index (χ4v) is 3.76. The minimum Gasteiger partial charge on any atom is -0.454 e. The smallest absolute Gasteiger partial charge is 0.231 e. The third-order valence-corrected chi connectivity index (χ3v) is 5.13. The molecule has 0 atom stereocenters. The first-order valence-electron chi connectivity index (χ1n) is 8.77. The molecule has 0 spiro atoms. The molecule has 0 radical (unpaired) electrons. The number of benzene rings is 1. The molecule has 6 nitrogen and oxygen atoms in total. The second-order valence-electron chi connectivity index (χ2n) is 6.56. The molecule has 2 aliphatic heterocycles. The Hall–Kier alpha value is -2.76. The standard InChI is InChI=1S/C19H20N4O2/c1-4-20-19(21-5-1)23-8-6-22(7-9-23)16-3-2-14-11-17-18(25-13-24-17)12-15(14)10-16/h1,4-5,10-12H,2-3,6-9,13H2. The van der Waals surface area contributed by atoms with Crippen molar-refractivity contribution in [2.45, 2.75) is 12.8 Å². The Morgan fingerprint density at radius 1 is 0.840 bits per heavy atom. The number of fused-ring (bicyclic) bond motifs is 2. The van der Waals surface area contributed by atoms with Gasteiger partial charge in [-0.25, -0.2) is 9.97 Å². The summed E-state index contributed by atoms with van der Waals surface area (Å²) in [5, 5.41) is 0. The van der Waals surface area contributed by atoms with Gasteiger partial charge in [0.1, 0.15) is 0 Å². The van der Waals surface area contributed by atoms with E-state index in [1.54, 1.807) is 12.4 Å². The molecule has 6 heteroatoms. The van der Waals surface area contributed by atoms with Crippen LogP contribution in [0.4, 0.5) is 5.95 Å². The molecule has 1 aromatic carbocycles. The Kier molecular flexibility index (Phi) is 3.47. The zero-order valence-corrected chi connectivity index (χ0v) is 14.0. The highest BCUT2D eigenvalue weighted by atomic mass is 16.7. The number of allylic oxidation sites excluding steroid dienone is 1. The van der Waals surface area contributed by atoms with E-state index in [2.05, 4.69) is 38.0 Å². The summed E-state index contributed by atoms with van der Waals surface area (Å²) in [5.74, 6) is 2.58. The molecule has 3 aliphatic rings. The number of anilines is 1. The van der Waals surface area contributed by atoms with Crippen LogP contribution in [0.2, 0.25) is 0 Å². The van der Waals surface area contributed by atoms with Gasteiger partial charge in [-0.3, -0.25) is 0 Å². The van der Waals surface area contributed by atoms with E-state index in [4.69, 9.17) is 9.47 Å². The van der Waals surface area contributed by atoms with Crippen LogP contribution < -0.4 is 14.4 Å². The zero-order valence-electron chi connectivity index (χ0n) is 14.0. The molecule has 3 heterocycles. The highest BCUT2D eigenvalue weighted by Gasteiger charge is 2.24. The van der Waals surface area contributed by atoms with Gasteiger partial charge < -0.3 is 19.3 Å². The average molecular weight is 336 g/mol. The van der Waals surface area contributed by atoms with Crippen LogP contribution in [0.1, 0.15) is 17.5 Å². The van der Waals surface area contributed by atoms with Crippen molar-refractivity contribution in [3.05, 3.63) is 47.4 Å². The molecule has 1 saturated heterocycles. The number of rotatable bonds is 2. The van der Waals surface area contributed by atoms with Crippen LogP contribution in [0.15, 0.2) is 36.3 Å². The second kappa shape index (κ2) is 5.95. The molecule has 0 amide bonds. The molecule has 5 rings (SSSR count). The summed E-state index contributed by atoms with van der Waals surface area (Å²) in [7, 11) is 0. The second-order valence-corrected chi connectivity index (χ2v) is 6.56. The van der Waals surface area contributed by atoms with Crippen molar-refractivity contribution in [1.29, 1.82) is 0 Å². The maximum atomic E-state index is 5.52. The van der Waals surface area contributed by atoms with Crippen molar-refractivity contribution >= 4 is 12.0 Å².